The van der Waals surface area contributed by atoms with Gasteiger partial charge in [0.15, 0.2) is 0 Å². The fraction of sp³-hybridized carbons (Fsp3) is 0.571. The Kier molecular flexibility index (Phi) is 3.97. The van der Waals surface area contributed by atoms with Crippen molar-refractivity contribution >= 4 is 5.91 Å². The first kappa shape index (κ1) is 13.0. The minimum absolute atomic E-state index is 0.0963. The zero-order valence-corrected chi connectivity index (χ0v) is 11.3. The van der Waals surface area contributed by atoms with E-state index in [9.17, 15) is 4.79 Å². The van der Waals surface area contributed by atoms with Crippen LogP contribution < -0.4 is 0 Å². The molecule has 1 aliphatic heterocycles. The van der Waals surface area contributed by atoms with Crippen molar-refractivity contribution in [1.82, 2.24) is 14.8 Å². The first-order valence-corrected chi connectivity index (χ1v) is 6.54. The molecule has 1 amide bonds. The van der Waals surface area contributed by atoms with Crippen LogP contribution in [0.4, 0.5) is 0 Å². The highest BCUT2D eigenvalue weighted by molar-refractivity contribution is 5.94. The second-order valence-corrected chi connectivity index (χ2v) is 5.18. The third kappa shape index (κ3) is 2.70. The average Bonchev–Trinajstić information content (AvgIpc) is 2.38. The standard InChI is InChI=1S/C14H21N3O/c1-11(2)16-7-8-17(12(3)10-16)14(18)13-5-4-6-15-9-13/h4-6,9,11-12H,7-8,10H2,1-3H3/t12-/m0/s1. The van der Waals surface area contributed by atoms with E-state index in [1.807, 2.05) is 17.0 Å². The first-order chi connectivity index (χ1) is 8.59. The number of rotatable bonds is 2. The van der Waals surface area contributed by atoms with Gasteiger partial charge in [0.25, 0.3) is 5.91 Å². The summed E-state index contributed by atoms with van der Waals surface area (Å²) in [6, 6.07) is 4.44. The summed E-state index contributed by atoms with van der Waals surface area (Å²) < 4.78 is 0. The molecule has 1 atom stereocenters. The lowest BCUT2D eigenvalue weighted by Crippen LogP contribution is -2.55. The number of aromatic nitrogens is 1. The SMILES string of the molecule is CC(C)N1CCN(C(=O)c2cccnc2)[C@@H](C)C1. The summed E-state index contributed by atoms with van der Waals surface area (Å²) in [5.41, 5.74) is 0.683. The Bertz CT molecular complexity index is 405. The van der Waals surface area contributed by atoms with Crippen molar-refractivity contribution in [2.24, 2.45) is 0 Å². The van der Waals surface area contributed by atoms with Crippen LogP contribution >= 0.6 is 0 Å². The highest BCUT2D eigenvalue weighted by Gasteiger charge is 2.28. The van der Waals surface area contributed by atoms with Crippen LogP contribution in [0, 0.1) is 0 Å². The number of pyridine rings is 1. The highest BCUT2D eigenvalue weighted by atomic mass is 16.2. The van der Waals surface area contributed by atoms with Crippen molar-refractivity contribution in [2.75, 3.05) is 19.6 Å². The lowest BCUT2D eigenvalue weighted by molar-refractivity contribution is 0.0425. The zero-order valence-electron chi connectivity index (χ0n) is 11.3. The Labute approximate surface area is 109 Å². The molecule has 4 heteroatoms. The molecule has 1 aromatic heterocycles. The molecule has 0 radical (unpaired) electrons. The van der Waals surface area contributed by atoms with E-state index in [-0.39, 0.29) is 11.9 Å². The topological polar surface area (TPSA) is 36.4 Å². The normalized spacial score (nSPS) is 21.3. The maximum Gasteiger partial charge on any atom is 0.255 e. The van der Waals surface area contributed by atoms with E-state index in [0.717, 1.165) is 19.6 Å². The van der Waals surface area contributed by atoms with Gasteiger partial charge in [-0.15, -0.1) is 0 Å². The Morgan fingerprint density at radius 3 is 2.78 bits per heavy atom. The van der Waals surface area contributed by atoms with Crippen LogP contribution in [0.5, 0.6) is 0 Å². The molecule has 98 valence electrons. The largest absolute Gasteiger partial charge is 0.333 e. The second kappa shape index (κ2) is 5.48. The average molecular weight is 247 g/mol. The van der Waals surface area contributed by atoms with E-state index < -0.39 is 0 Å². The molecule has 0 spiro atoms. The maximum absolute atomic E-state index is 12.4. The van der Waals surface area contributed by atoms with Crippen LogP contribution in [0.3, 0.4) is 0 Å². The van der Waals surface area contributed by atoms with Crippen molar-refractivity contribution in [1.29, 1.82) is 0 Å². The number of nitrogens with zero attached hydrogens (tertiary/aromatic N) is 3. The van der Waals surface area contributed by atoms with E-state index >= 15 is 0 Å². The maximum atomic E-state index is 12.4. The monoisotopic (exact) mass is 247 g/mol. The number of piperazine rings is 1. The number of hydrogen-bond donors (Lipinski definition) is 0. The molecule has 4 nitrogen and oxygen atoms in total. The molecule has 1 aromatic rings. The van der Waals surface area contributed by atoms with Crippen LogP contribution in [0.2, 0.25) is 0 Å². The van der Waals surface area contributed by atoms with Crippen molar-refractivity contribution in [3.63, 3.8) is 0 Å². The predicted molar refractivity (Wildman–Crippen MR) is 71.4 cm³/mol. The summed E-state index contributed by atoms with van der Waals surface area (Å²) in [5.74, 6) is 0.0963. The molecular weight excluding hydrogens is 226 g/mol. The fourth-order valence-corrected chi connectivity index (χ4v) is 2.41. The number of amides is 1. The van der Waals surface area contributed by atoms with E-state index in [4.69, 9.17) is 0 Å². The van der Waals surface area contributed by atoms with Crippen molar-refractivity contribution in [3.8, 4) is 0 Å². The molecular formula is C14H21N3O. The molecule has 0 bridgehead atoms. The van der Waals surface area contributed by atoms with E-state index in [1.165, 1.54) is 0 Å². The van der Waals surface area contributed by atoms with Gasteiger partial charge in [0.1, 0.15) is 0 Å². The molecule has 0 aliphatic carbocycles. The Balaban J connectivity index is 2.05. The van der Waals surface area contributed by atoms with Gasteiger partial charge in [-0.2, -0.15) is 0 Å². The molecule has 1 saturated heterocycles. The van der Waals surface area contributed by atoms with Crippen molar-refractivity contribution in [2.45, 2.75) is 32.9 Å². The molecule has 1 fully saturated rings. The molecule has 18 heavy (non-hydrogen) atoms. The number of carbonyl (C=O) groups is 1. The van der Waals surface area contributed by atoms with E-state index in [2.05, 4.69) is 30.7 Å². The molecule has 1 aliphatic rings. The van der Waals surface area contributed by atoms with Gasteiger partial charge in [0, 0.05) is 44.1 Å². The predicted octanol–water partition coefficient (Wildman–Crippen LogP) is 1.64. The molecule has 0 aromatic carbocycles. The Morgan fingerprint density at radius 2 is 2.22 bits per heavy atom. The molecule has 2 rings (SSSR count). The Morgan fingerprint density at radius 1 is 1.44 bits per heavy atom. The molecule has 2 heterocycles. The summed E-state index contributed by atoms with van der Waals surface area (Å²) >= 11 is 0. The van der Waals surface area contributed by atoms with Gasteiger partial charge in [-0.3, -0.25) is 14.7 Å². The van der Waals surface area contributed by atoms with Gasteiger partial charge in [-0.1, -0.05) is 0 Å². The summed E-state index contributed by atoms with van der Waals surface area (Å²) in [5, 5.41) is 0. The van der Waals surface area contributed by atoms with Gasteiger partial charge in [-0.05, 0) is 32.9 Å². The van der Waals surface area contributed by atoms with Gasteiger partial charge < -0.3 is 4.90 Å². The summed E-state index contributed by atoms with van der Waals surface area (Å²) in [4.78, 5) is 20.7. The number of hydrogen-bond acceptors (Lipinski definition) is 3. The smallest absolute Gasteiger partial charge is 0.255 e. The minimum atomic E-state index is 0.0963. The van der Waals surface area contributed by atoms with Crippen molar-refractivity contribution in [3.05, 3.63) is 30.1 Å². The summed E-state index contributed by atoms with van der Waals surface area (Å²) in [6.07, 6.45) is 3.33. The van der Waals surface area contributed by atoms with Crippen LogP contribution in [0.15, 0.2) is 24.5 Å². The lowest BCUT2D eigenvalue weighted by Gasteiger charge is -2.41. The van der Waals surface area contributed by atoms with Crippen LogP contribution in [-0.4, -0.2) is 52.4 Å². The zero-order chi connectivity index (χ0) is 13.1. The molecule has 0 unspecified atom stereocenters. The lowest BCUT2D eigenvalue weighted by atomic mass is 10.1. The van der Waals surface area contributed by atoms with Crippen molar-refractivity contribution < 1.29 is 4.79 Å². The highest BCUT2D eigenvalue weighted by Crippen LogP contribution is 2.15. The van der Waals surface area contributed by atoms with Gasteiger partial charge in [0.05, 0.1) is 5.56 Å². The third-order valence-electron chi connectivity index (χ3n) is 3.56. The Hall–Kier alpha value is -1.42. The van der Waals surface area contributed by atoms with Crippen LogP contribution in [0.1, 0.15) is 31.1 Å². The molecule has 0 N–H and O–H groups in total. The second-order valence-electron chi connectivity index (χ2n) is 5.18. The molecule has 0 saturated carbocycles. The van der Waals surface area contributed by atoms with Gasteiger partial charge in [0.2, 0.25) is 0 Å². The van der Waals surface area contributed by atoms with Gasteiger partial charge >= 0.3 is 0 Å². The third-order valence-corrected chi connectivity index (χ3v) is 3.56. The number of carbonyl (C=O) groups excluding carboxylic acids is 1. The summed E-state index contributed by atoms with van der Waals surface area (Å²) in [6.45, 7) is 9.21. The minimum Gasteiger partial charge on any atom is -0.333 e. The van der Waals surface area contributed by atoms with E-state index in [1.54, 1.807) is 12.4 Å². The quantitative estimate of drug-likeness (QED) is 0.797. The first-order valence-electron chi connectivity index (χ1n) is 6.54. The summed E-state index contributed by atoms with van der Waals surface area (Å²) in [7, 11) is 0. The van der Waals surface area contributed by atoms with Crippen LogP contribution in [-0.2, 0) is 0 Å². The fourth-order valence-electron chi connectivity index (χ4n) is 2.41. The van der Waals surface area contributed by atoms with E-state index in [0.29, 0.717) is 11.6 Å². The van der Waals surface area contributed by atoms with Crippen LogP contribution in [0.25, 0.3) is 0 Å². The van der Waals surface area contributed by atoms with Gasteiger partial charge in [-0.25, -0.2) is 0 Å².